The van der Waals surface area contributed by atoms with Gasteiger partial charge in [0, 0.05) is 11.5 Å². The van der Waals surface area contributed by atoms with Gasteiger partial charge in [0.15, 0.2) is 0 Å². The molecule has 1 unspecified atom stereocenters. The monoisotopic (exact) mass is 330 g/mol. The molecule has 124 valence electrons. The van der Waals surface area contributed by atoms with Gasteiger partial charge in [-0.25, -0.2) is 0 Å². The topological polar surface area (TPSA) is 29.5 Å². The second-order valence-electron chi connectivity index (χ2n) is 6.74. The van der Waals surface area contributed by atoms with E-state index in [0.29, 0.717) is 12.4 Å². The molecule has 0 fully saturated rings. The van der Waals surface area contributed by atoms with Gasteiger partial charge >= 0.3 is 0 Å². The summed E-state index contributed by atoms with van der Waals surface area (Å²) in [5.41, 5.74) is 2.71. The normalized spacial score (nSPS) is 12.9. The lowest BCUT2D eigenvalue weighted by atomic mass is 9.87. The van der Waals surface area contributed by atoms with Crippen LogP contribution in [0.25, 0.3) is 0 Å². The van der Waals surface area contributed by atoms with Gasteiger partial charge in [-0.3, -0.25) is 0 Å². The smallest absolute Gasteiger partial charge is 0.119 e. The molecule has 0 aliphatic carbocycles. The predicted octanol–water partition coefficient (Wildman–Crippen LogP) is 4.66. The molecule has 0 aliphatic heterocycles. The van der Waals surface area contributed by atoms with Crippen molar-refractivity contribution in [3.8, 4) is 5.75 Å². The molecular weight excluding hydrogens is 304 g/mol. The lowest BCUT2D eigenvalue weighted by molar-refractivity contribution is 0.126. The maximum Gasteiger partial charge on any atom is 0.119 e. The van der Waals surface area contributed by atoms with E-state index in [-0.39, 0.29) is 5.41 Å². The van der Waals surface area contributed by atoms with Crippen molar-refractivity contribution in [2.24, 2.45) is 0 Å². The Morgan fingerprint density at radius 1 is 1.00 bits per heavy atom. The molecule has 0 bridgehead atoms. The zero-order chi connectivity index (χ0) is 16.7. The van der Waals surface area contributed by atoms with Gasteiger partial charge in [0.05, 0.1) is 6.10 Å². The van der Waals surface area contributed by atoms with Crippen LogP contribution in [-0.2, 0) is 11.2 Å². The van der Waals surface area contributed by atoms with Crippen LogP contribution >= 0.6 is 11.8 Å². The molecule has 0 saturated heterocycles. The van der Waals surface area contributed by atoms with E-state index in [9.17, 15) is 5.11 Å². The molecule has 0 aromatic heterocycles. The third-order valence-corrected chi connectivity index (χ3v) is 4.74. The highest BCUT2D eigenvalue weighted by Crippen LogP contribution is 2.24. The van der Waals surface area contributed by atoms with E-state index in [1.54, 1.807) is 11.8 Å². The number of hydrogen-bond acceptors (Lipinski definition) is 3. The summed E-state index contributed by atoms with van der Waals surface area (Å²) in [7, 11) is 0. The summed E-state index contributed by atoms with van der Waals surface area (Å²) in [6, 6.07) is 18.4. The molecule has 23 heavy (non-hydrogen) atoms. The Hall–Kier alpha value is -1.45. The second-order valence-corrected chi connectivity index (χ2v) is 7.77. The van der Waals surface area contributed by atoms with Gasteiger partial charge in [-0.2, -0.15) is 11.8 Å². The number of hydrogen-bond donors (Lipinski definition) is 1. The van der Waals surface area contributed by atoms with Crippen molar-refractivity contribution in [2.45, 2.75) is 38.0 Å². The minimum Gasteiger partial charge on any atom is -0.491 e. The highest BCUT2D eigenvalue weighted by molar-refractivity contribution is 7.98. The third kappa shape index (κ3) is 6.28. The average molecular weight is 330 g/mol. The second kappa shape index (κ2) is 8.42. The van der Waals surface area contributed by atoms with Crippen LogP contribution in [0.5, 0.6) is 5.75 Å². The summed E-state index contributed by atoms with van der Waals surface area (Å²) >= 11 is 1.73. The van der Waals surface area contributed by atoms with Crippen LogP contribution in [0.3, 0.4) is 0 Å². The zero-order valence-corrected chi connectivity index (χ0v) is 15.0. The van der Waals surface area contributed by atoms with E-state index in [0.717, 1.165) is 11.5 Å². The van der Waals surface area contributed by atoms with Gasteiger partial charge in [-0.1, -0.05) is 63.2 Å². The number of benzene rings is 2. The molecular formula is C20H26O2S. The molecule has 1 atom stereocenters. The van der Waals surface area contributed by atoms with Crippen LogP contribution in [0.1, 0.15) is 31.9 Å². The Bertz CT molecular complexity index is 573. The van der Waals surface area contributed by atoms with Gasteiger partial charge in [0.2, 0.25) is 0 Å². The van der Waals surface area contributed by atoms with Crippen molar-refractivity contribution in [2.75, 3.05) is 12.4 Å². The Morgan fingerprint density at radius 2 is 1.65 bits per heavy atom. The minimum atomic E-state index is -0.453. The number of thioether (sulfide) groups is 1. The van der Waals surface area contributed by atoms with E-state index in [2.05, 4.69) is 45.0 Å². The molecule has 2 aromatic rings. The Balaban J connectivity index is 1.71. The zero-order valence-electron chi connectivity index (χ0n) is 14.2. The van der Waals surface area contributed by atoms with Crippen molar-refractivity contribution >= 4 is 11.8 Å². The average Bonchev–Trinajstić information content (AvgIpc) is 2.53. The predicted molar refractivity (Wildman–Crippen MR) is 99.2 cm³/mol. The van der Waals surface area contributed by atoms with Crippen LogP contribution in [0.4, 0.5) is 0 Å². The molecule has 2 aromatic carbocycles. The number of aliphatic hydroxyl groups excluding tert-OH is 1. The van der Waals surface area contributed by atoms with Crippen molar-refractivity contribution in [3.05, 3.63) is 65.7 Å². The van der Waals surface area contributed by atoms with Gasteiger partial charge in [0.25, 0.3) is 0 Å². The minimum absolute atomic E-state index is 0.145. The standard InChI is InChI=1S/C20H26O2S/c1-20(2,3)17-9-11-19(12-10-17)22-13-18(21)15-23-14-16-7-5-4-6-8-16/h4-12,18,21H,13-15H2,1-3H3. The number of aliphatic hydroxyl groups is 1. The first-order chi connectivity index (χ1) is 10.9. The quantitative estimate of drug-likeness (QED) is 0.801. The summed E-state index contributed by atoms with van der Waals surface area (Å²) in [5.74, 6) is 2.40. The van der Waals surface area contributed by atoms with E-state index >= 15 is 0 Å². The van der Waals surface area contributed by atoms with E-state index in [1.165, 1.54) is 11.1 Å². The summed E-state index contributed by atoms with van der Waals surface area (Å²) in [5, 5.41) is 10.0. The molecule has 0 radical (unpaired) electrons. The van der Waals surface area contributed by atoms with Crippen molar-refractivity contribution in [1.29, 1.82) is 0 Å². The molecule has 0 amide bonds. The molecule has 3 heteroatoms. The Kier molecular flexibility index (Phi) is 6.55. The first-order valence-electron chi connectivity index (χ1n) is 7.98. The van der Waals surface area contributed by atoms with E-state index in [1.807, 2.05) is 30.3 Å². The van der Waals surface area contributed by atoms with Gasteiger partial charge in [-0.15, -0.1) is 0 Å². The fraction of sp³-hybridized carbons (Fsp3) is 0.400. The van der Waals surface area contributed by atoms with Crippen LogP contribution in [0.15, 0.2) is 54.6 Å². The fourth-order valence-electron chi connectivity index (χ4n) is 2.18. The molecule has 0 saturated carbocycles. The van der Waals surface area contributed by atoms with Crippen LogP contribution in [-0.4, -0.2) is 23.6 Å². The van der Waals surface area contributed by atoms with Gasteiger partial charge < -0.3 is 9.84 Å². The third-order valence-electron chi connectivity index (χ3n) is 3.58. The van der Waals surface area contributed by atoms with E-state index in [4.69, 9.17) is 4.74 Å². The Labute approximate surface area is 143 Å². The first-order valence-corrected chi connectivity index (χ1v) is 9.14. The highest BCUT2D eigenvalue weighted by atomic mass is 32.2. The lowest BCUT2D eigenvalue weighted by Crippen LogP contribution is -2.20. The molecule has 0 spiro atoms. The number of ether oxygens (including phenoxy) is 1. The van der Waals surface area contributed by atoms with Crippen LogP contribution in [0.2, 0.25) is 0 Å². The fourth-order valence-corrected chi connectivity index (χ4v) is 3.09. The van der Waals surface area contributed by atoms with Crippen molar-refractivity contribution in [1.82, 2.24) is 0 Å². The molecule has 2 rings (SSSR count). The van der Waals surface area contributed by atoms with Crippen molar-refractivity contribution < 1.29 is 9.84 Å². The summed E-state index contributed by atoms with van der Waals surface area (Å²) < 4.78 is 5.67. The highest BCUT2D eigenvalue weighted by Gasteiger charge is 2.13. The molecule has 0 heterocycles. The van der Waals surface area contributed by atoms with E-state index < -0.39 is 6.10 Å². The SMILES string of the molecule is CC(C)(C)c1ccc(OCC(O)CSCc2ccccc2)cc1. The van der Waals surface area contributed by atoms with Crippen LogP contribution < -0.4 is 4.74 Å². The first kappa shape index (κ1) is 17.9. The summed E-state index contributed by atoms with van der Waals surface area (Å²) in [6.07, 6.45) is -0.453. The number of rotatable bonds is 7. The molecule has 2 nitrogen and oxygen atoms in total. The largest absolute Gasteiger partial charge is 0.491 e. The Morgan fingerprint density at radius 3 is 2.26 bits per heavy atom. The maximum atomic E-state index is 10.0. The van der Waals surface area contributed by atoms with Crippen LogP contribution in [0, 0.1) is 0 Å². The summed E-state index contributed by atoms with van der Waals surface area (Å²) in [6.45, 7) is 6.90. The van der Waals surface area contributed by atoms with Gasteiger partial charge in [-0.05, 0) is 28.7 Å². The summed E-state index contributed by atoms with van der Waals surface area (Å²) in [4.78, 5) is 0. The molecule has 1 N–H and O–H groups in total. The van der Waals surface area contributed by atoms with Crippen molar-refractivity contribution in [3.63, 3.8) is 0 Å². The van der Waals surface area contributed by atoms with Gasteiger partial charge in [0.1, 0.15) is 12.4 Å². The maximum absolute atomic E-state index is 10.0. The molecule has 0 aliphatic rings. The lowest BCUT2D eigenvalue weighted by Gasteiger charge is -2.19.